The van der Waals surface area contributed by atoms with E-state index >= 15 is 0 Å². The molecular formula is C43H60N2O5P+. The predicted molar refractivity (Wildman–Crippen MR) is 210 cm³/mol. The van der Waals surface area contributed by atoms with Crippen molar-refractivity contribution in [2.75, 3.05) is 12.0 Å². The molecule has 0 aliphatic carbocycles. The van der Waals surface area contributed by atoms with Gasteiger partial charge in [-0.3, -0.25) is 0 Å². The van der Waals surface area contributed by atoms with E-state index < -0.39 is 7.82 Å². The van der Waals surface area contributed by atoms with Crippen LogP contribution in [0.5, 0.6) is 23.0 Å². The van der Waals surface area contributed by atoms with E-state index in [1.54, 1.807) is 12.1 Å². The molecule has 8 heteroatoms. The molecule has 0 atom stereocenters. The largest absolute Gasteiger partial charge is 0.647 e. The topological polar surface area (TPSA) is 93.7 Å². The molecule has 0 heterocycles. The Kier molecular flexibility index (Phi) is 17.8. The monoisotopic (exact) mass is 715 g/mol. The summed E-state index contributed by atoms with van der Waals surface area (Å²) in [5.41, 5.74) is 8.02. The Hall–Kier alpha value is -3.93. The average Bonchev–Trinajstić information content (AvgIpc) is 3.13. The Labute approximate surface area is 306 Å². The molecule has 0 aliphatic heterocycles. The molecule has 0 aliphatic rings. The van der Waals surface area contributed by atoms with Crippen LogP contribution in [0.4, 0.5) is 11.4 Å². The number of aryl methyl sites for hydroxylation is 2. The van der Waals surface area contributed by atoms with Gasteiger partial charge in [0.2, 0.25) is 0 Å². The Morgan fingerprint density at radius 2 is 0.980 bits per heavy atom. The van der Waals surface area contributed by atoms with Gasteiger partial charge in [0, 0.05) is 23.9 Å². The van der Waals surface area contributed by atoms with Crippen molar-refractivity contribution >= 4 is 19.2 Å². The van der Waals surface area contributed by atoms with Crippen molar-refractivity contribution in [2.45, 2.75) is 117 Å². The van der Waals surface area contributed by atoms with Gasteiger partial charge < -0.3 is 29.4 Å². The molecule has 0 aromatic heterocycles. The first-order chi connectivity index (χ1) is 24.9. The molecule has 4 aromatic rings. The average molecular weight is 716 g/mol. The van der Waals surface area contributed by atoms with Crippen molar-refractivity contribution in [3.63, 3.8) is 0 Å². The molecule has 4 rings (SSSR count). The molecule has 51 heavy (non-hydrogen) atoms. The first kappa shape index (κ1) is 39.8. The fraction of sp³-hybridized carbons (Fsp3) is 0.442. The smallest absolute Gasteiger partial charge is 0.473 e. The van der Waals surface area contributed by atoms with Crippen LogP contribution in [-0.2, 0) is 17.4 Å². The maximum atomic E-state index is 14.4. The van der Waals surface area contributed by atoms with Crippen LogP contribution in [0.3, 0.4) is 0 Å². The van der Waals surface area contributed by atoms with Crippen molar-refractivity contribution < 1.29 is 28.6 Å². The van der Waals surface area contributed by atoms with Gasteiger partial charge in [-0.1, -0.05) is 121 Å². The molecule has 0 saturated carbocycles. The number of benzene rings is 4. The Morgan fingerprint density at radius 1 is 0.529 bits per heavy atom. The molecule has 0 unspecified atom stereocenters. The highest BCUT2D eigenvalue weighted by Gasteiger charge is 2.33. The second-order valence-electron chi connectivity index (χ2n) is 13.4. The van der Waals surface area contributed by atoms with Gasteiger partial charge in [0.25, 0.3) is 0 Å². The van der Waals surface area contributed by atoms with Gasteiger partial charge in [-0.05, 0) is 85.3 Å². The van der Waals surface area contributed by atoms with Crippen molar-refractivity contribution in [1.29, 1.82) is 0 Å². The summed E-state index contributed by atoms with van der Waals surface area (Å²) in [4.78, 5) is 0. The molecule has 7 nitrogen and oxygen atoms in total. The van der Waals surface area contributed by atoms with E-state index in [9.17, 15) is 4.57 Å². The van der Waals surface area contributed by atoms with E-state index in [1.807, 2.05) is 84.9 Å². The van der Waals surface area contributed by atoms with Crippen molar-refractivity contribution in [3.8, 4) is 23.0 Å². The van der Waals surface area contributed by atoms with Crippen LogP contribution in [-0.4, -0.2) is 6.73 Å². The van der Waals surface area contributed by atoms with Gasteiger partial charge >= 0.3 is 7.82 Å². The maximum absolute atomic E-state index is 14.4. The van der Waals surface area contributed by atoms with Crippen LogP contribution in [0.15, 0.2) is 97.1 Å². The van der Waals surface area contributed by atoms with E-state index in [0.29, 0.717) is 17.2 Å². The minimum Gasteiger partial charge on any atom is -0.473 e. The number of rotatable bonds is 26. The Bertz CT molecular complexity index is 1490. The van der Waals surface area contributed by atoms with Gasteiger partial charge in [-0.25, -0.2) is 0 Å². The molecule has 276 valence electrons. The number of anilines is 1. The summed E-state index contributed by atoms with van der Waals surface area (Å²) < 4.78 is 38.3. The van der Waals surface area contributed by atoms with Crippen LogP contribution >= 0.6 is 7.82 Å². The minimum atomic E-state index is -4.16. The molecule has 0 bridgehead atoms. The Balaban J connectivity index is 1.38. The lowest BCUT2D eigenvalue weighted by Crippen LogP contribution is -2.39. The third kappa shape index (κ3) is 15.9. The SMILES string of the molecule is CCCCCCCCCc1ccc(OP(=O)(Oc2ccc(CCCCCCCCC)cc2)Oc2cccc(NCOc3ccc([NH3+])cc3)c2)cc1. The molecule has 0 radical (unpaired) electrons. The van der Waals surface area contributed by atoms with Gasteiger partial charge in [-0.15, -0.1) is 0 Å². The maximum Gasteiger partial charge on any atom is 0.647 e. The lowest BCUT2D eigenvalue weighted by atomic mass is 10.0. The van der Waals surface area contributed by atoms with Crippen LogP contribution in [0.1, 0.15) is 115 Å². The van der Waals surface area contributed by atoms with E-state index in [0.717, 1.165) is 42.8 Å². The number of ether oxygens (including phenoxy) is 1. The summed E-state index contributed by atoms with van der Waals surface area (Å²) in [7, 11) is -4.16. The van der Waals surface area contributed by atoms with E-state index in [2.05, 4.69) is 24.9 Å². The van der Waals surface area contributed by atoms with Crippen molar-refractivity contribution in [2.24, 2.45) is 0 Å². The summed E-state index contributed by atoms with van der Waals surface area (Å²) in [6.07, 6.45) is 19.9. The second kappa shape index (κ2) is 22.8. The standard InChI is InChI=1S/C43H59N2O5P/c1-3-5-7-9-11-13-15-18-36-22-28-41(29-23-36)48-51(46,49-42-30-24-37(25-31-42)19-16-14-12-10-8-6-4-2)50-43-21-17-20-39(34-43)45-35-47-40-32-26-38(44)27-33-40/h17,20-34,45H,3-16,18-19,35,44H2,1-2H3/p+1. The number of hydrogen-bond acceptors (Lipinski definition) is 6. The van der Waals surface area contributed by atoms with Gasteiger partial charge in [-0.2, -0.15) is 4.57 Å². The van der Waals surface area contributed by atoms with Crippen LogP contribution in [0.2, 0.25) is 0 Å². The normalized spacial score (nSPS) is 11.3. The lowest BCUT2D eigenvalue weighted by molar-refractivity contribution is -0.254. The quantitative estimate of drug-likeness (QED) is 0.0382. The summed E-state index contributed by atoms with van der Waals surface area (Å²) in [6, 6.07) is 30.2. The number of quaternary nitrogens is 1. The molecule has 0 amide bonds. The summed E-state index contributed by atoms with van der Waals surface area (Å²) in [5, 5.41) is 3.22. The van der Waals surface area contributed by atoms with Crippen molar-refractivity contribution in [1.82, 2.24) is 0 Å². The highest BCUT2D eigenvalue weighted by Crippen LogP contribution is 2.50. The highest BCUT2D eigenvalue weighted by atomic mass is 31.2. The third-order valence-corrected chi connectivity index (χ3v) is 10.2. The van der Waals surface area contributed by atoms with Gasteiger partial charge in [0.1, 0.15) is 28.7 Å². The van der Waals surface area contributed by atoms with Crippen LogP contribution < -0.4 is 29.4 Å². The number of phosphoric acid groups is 1. The third-order valence-electron chi connectivity index (χ3n) is 8.91. The highest BCUT2D eigenvalue weighted by molar-refractivity contribution is 7.49. The number of unbranched alkanes of at least 4 members (excludes halogenated alkanes) is 12. The van der Waals surface area contributed by atoms with Crippen molar-refractivity contribution in [3.05, 3.63) is 108 Å². The summed E-state index contributed by atoms with van der Waals surface area (Å²) >= 11 is 0. The minimum absolute atomic E-state index is 0.237. The zero-order valence-corrected chi connectivity index (χ0v) is 31.8. The summed E-state index contributed by atoms with van der Waals surface area (Å²) in [5.74, 6) is 1.92. The zero-order valence-electron chi connectivity index (χ0n) is 31.0. The first-order valence-corrected chi connectivity index (χ1v) is 20.7. The predicted octanol–water partition coefficient (Wildman–Crippen LogP) is 12.2. The molecule has 0 fully saturated rings. The van der Waals surface area contributed by atoms with E-state index in [-0.39, 0.29) is 6.73 Å². The van der Waals surface area contributed by atoms with Gasteiger partial charge in [0.15, 0.2) is 6.73 Å². The number of phosphoric ester groups is 1. The molecular weight excluding hydrogens is 655 g/mol. The molecule has 0 spiro atoms. The van der Waals surface area contributed by atoms with Crippen LogP contribution in [0, 0.1) is 0 Å². The number of nitrogens with one attached hydrogen (secondary N) is 1. The van der Waals surface area contributed by atoms with Crippen LogP contribution in [0.25, 0.3) is 0 Å². The molecule has 0 saturated heterocycles. The number of hydrogen-bond donors (Lipinski definition) is 2. The zero-order chi connectivity index (χ0) is 36.0. The molecule has 4 N–H and O–H groups in total. The lowest BCUT2D eigenvalue weighted by Gasteiger charge is -2.20. The summed E-state index contributed by atoms with van der Waals surface area (Å²) in [6.45, 7) is 4.74. The molecule has 4 aromatic carbocycles. The fourth-order valence-corrected chi connectivity index (χ4v) is 7.14. The first-order valence-electron chi connectivity index (χ1n) is 19.2. The van der Waals surface area contributed by atoms with E-state index in [4.69, 9.17) is 18.3 Å². The second-order valence-corrected chi connectivity index (χ2v) is 14.8. The fourth-order valence-electron chi connectivity index (χ4n) is 5.90. The Morgan fingerprint density at radius 3 is 1.49 bits per heavy atom. The van der Waals surface area contributed by atoms with Gasteiger partial charge in [0.05, 0.1) is 0 Å². The van der Waals surface area contributed by atoms with E-state index in [1.165, 1.54) is 88.2 Å².